The number of thiophene rings is 1. The van der Waals surface area contributed by atoms with Gasteiger partial charge in [-0.15, -0.1) is 17.8 Å². The van der Waals surface area contributed by atoms with Crippen LogP contribution in [0.1, 0.15) is 43.0 Å². The minimum absolute atomic E-state index is 0.618. The van der Waals surface area contributed by atoms with Crippen LogP contribution in [0.25, 0.3) is 0 Å². The normalized spacial score (nSPS) is 12.4. The number of hydrogen-bond donors (Lipinski definition) is 0. The highest BCUT2D eigenvalue weighted by Crippen LogP contribution is 2.27. The summed E-state index contributed by atoms with van der Waals surface area (Å²) in [5.41, 5.74) is 1.35. The minimum atomic E-state index is 0.618. The zero-order valence-electron chi connectivity index (χ0n) is 7.63. The molecule has 0 saturated carbocycles. The van der Waals surface area contributed by atoms with Crippen molar-refractivity contribution in [2.24, 2.45) is 0 Å². The fourth-order valence-electron chi connectivity index (χ4n) is 1.41. The fourth-order valence-corrected chi connectivity index (χ4v) is 2.24. The molecule has 0 saturated heterocycles. The van der Waals surface area contributed by atoms with Crippen molar-refractivity contribution >= 4 is 11.3 Å². The van der Waals surface area contributed by atoms with Crippen LogP contribution in [-0.4, -0.2) is 0 Å². The SMILES string of the molecule is C#Cc1sccc1C(C)CCC. The summed E-state index contributed by atoms with van der Waals surface area (Å²) in [5, 5.41) is 2.08. The Labute approximate surface area is 78.6 Å². The molecule has 0 aromatic carbocycles. The van der Waals surface area contributed by atoms with Crippen molar-refractivity contribution in [2.75, 3.05) is 0 Å². The molecule has 0 aliphatic rings. The first-order valence-electron chi connectivity index (χ1n) is 4.33. The summed E-state index contributed by atoms with van der Waals surface area (Å²) >= 11 is 1.67. The van der Waals surface area contributed by atoms with Crippen LogP contribution in [0, 0.1) is 12.3 Å². The molecule has 1 heteroatoms. The first kappa shape index (κ1) is 9.35. The molecule has 12 heavy (non-hydrogen) atoms. The number of hydrogen-bond acceptors (Lipinski definition) is 1. The molecule has 0 radical (unpaired) electrons. The van der Waals surface area contributed by atoms with Gasteiger partial charge in [-0.05, 0) is 29.3 Å². The van der Waals surface area contributed by atoms with Gasteiger partial charge in [-0.25, -0.2) is 0 Å². The molecule has 0 aliphatic heterocycles. The second-order valence-corrected chi connectivity index (χ2v) is 3.96. The monoisotopic (exact) mass is 178 g/mol. The highest BCUT2D eigenvalue weighted by Gasteiger charge is 2.08. The molecule has 0 nitrogen and oxygen atoms in total. The van der Waals surface area contributed by atoms with Crippen molar-refractivity contribution in [3.05, 3.63) is 21.9 Å². The largest absolute Gasteiger partial charge is 0.135 e. The molecular formula is C11H14S. The van der Waals surface area contributed by atoms with Gasteiger partial charge in [-0.3, -0.25) is 0 Å². The molecule has 1 atom stereocenters. The lowest BCUT2D eigenvalue weighted by Gasteiger charge is -2.08. The highest BCUT2D eigenvalue weighted by atomic mass is 32.1. The number of rotatable bonds is 3. The molecule has 0 aliphatic carbocycles. The third-order valence-corrected chi connectivity index (χ3v) is 2.94. The van der Waals surface area contributed by atoms with E-state index in [1.807, 2.05) is 0 Å². The summed E-state index contributed by atoms with van der Waals surface area (Å²) in [6.07, 6.45) is 7.84. The van der Waals surface area contributed by atoms with Crippen molar-refractivity contribution in [3.63, 3.8) is 0 Å². The Kier molecular flexibility index (Phi) is 3.37. The van der Waals surface area contributed by atoms with Crippen LogP contribution in [0.2, 0.25) is 0 Å². The van der Waals surface area contributed by atoms with E-state index in [1.54, 1.807) is 11.3 Å². The Bertz CT molecular complexity index is 277. The van der Waals surface area contributed by atoms with Crippen LogP contribution in [0.15, 0.2) is 11.4 Å². The van der Waals surface area contributed by atoms with Crippen LogP contribution in [-0.2, 0) is 0 Å². The van der Waals surface area contributed by atoms with E-state index in [-0.39, 0.29) is 0 Å². The van der Waals surface area contributed by atoms with Gasteiger partial charge in [-0.2, -0.15) is 0 Å². The molecular weight excluding hydrogens is 164 g/mol. The van der Waals surface area contributed by atoms with E-state index >= 15 is 0 Å². The predicted octanol–water partition coefficient (Wildman–Crippen LogP) is 3.63. The van der Waals surface area contributed by atoms with Gasteiger partial charge < -0.3 is 0 Å². The summed E-state index contributed by atoms with van der Waals surface area (Å²) in [6, 6.07) is 2.15. The summed E-state index contributed by atoms with van der Waals surface area (Å²) in [6.45, 7) is 4.45. The fraction of sp³-hybridized carbons (Fsp3) is 0.455. The summed E-state index contributed by atoms with van der Waals surface area (Å²) in [7, 11) is 0. The summed E-state index contributed by atoms with van der Waals surface area (Å²) in [5.74, 6) is 3.35. The van der Waals surface area contributed by atoms with Crippen LogP contribution >= 0.6 is 11.3 Å². The van der Waals surface area contributed by atoms with Crippen molar-refractivity contribution in [2.45, 2.75) is 32.6 Å². The van der Waals surface area contributed by atoms with Crippen molar-refractivity contribution in [3.8, 4) is 12.3 Å². The van der Waals surface area contributed by atoms with E-state index in [4.69, 9.17) is 6.42 Å². The Hall–Kier alpha value is -0.740. The molecule has 1 unspecified atom stereocenters. The van der Waals surface area contributed by atoms with E-state index in [1.165, 1.54) is 18.4 Å². The Morgan fingerprint density at radius 2 is 2.42 bits per heavy atom. The van der Waals surface area contributed by atoms with Gasteiger partial charge in [0.15, 0.2) is 0 Å². The van der Waals surface area contributed by atoms with E-state index < -0.39 is 0 Å². The average molecular weight is 178 g/mol. The molecule has 64 valence electrons. The molecule has 0 N–H and O–H groups in total. The quantitative estimate of drug-likeness (QED) is 0.620. The maximum Gasteiger partial charge on any atom is 0.0800 e. The van der Waals surface area contributed by atoms with E-state index in [0.29, 0.717) is 5.92 Å². The van der Waals surface area contributed by atoms with Gasteiger partial charge in [-0.1, -0.05) is 26.2 Å². The third kappa shape index (κ3) is 1.89. The minimum Gasteiger partial charge on any atom is -0.135 e. The Morgan fingerprint density at radius 3 is 3.00 bits per heavy atom. The summed E-state index contributed by atoms with van der Waals surface area (Å²) < 4.78 is 0. The van der Waals surface area contributed by atoms with Gasteiger partial charge in [0.2, 0.25) is 0 Å². The lowest BCUT2D eigenvalue weighted by Crippen LogP contribution is -1.92. The van der Waals surface area contributed by atoms with Crippen LogP contribution in [0.4, 0.5) is 0 Å². The van der Waals surface area contributed by atoms with Gasteiger partial charge in [0.05, 0.1) is 4.88 Å². The predicted molar refractivity (Wildman–Crippen MR) is 55.6 cm³/mol. The molecule has 0 fully saturated rings. The third-order valence-electron chi connectivity index (χ3n) is 2.08. The molecule has 0 bridgehead atoms. The zero-order valence-corrected chi connectivity index (χ0v) is 8.45. The average Bonchev–Trinajstić information content (AvgIpc) is 2.51. The number of terminal acetylenes is 1. The van der Waals surface area contributed by atoms with E-state index in [2.05, 4.69) is 31.2 Å². The van der Waals surface area contributed by atoms with Gasteiger partial charge in [0, 0.05) is 0 Å². The molecule has 1 heterocycles. The van der Waals surface area contributed by atoms with Gasteiger partial charge >= 0.3 is 0 Å². The van der Waals surface area contributed by atoms with E-state index in [0.717, 1.165) is 4.88 Å². The van der Waals surface area contributed by atoms with Crippen LogP contribution < -0.4 is 0 Å². The van der Waals surface area contributed by atoms with Crippen molar-refractivity contribution in [1.29, 1.82) is 0 Å². The van der Waals surface area contributed by atoms with E-state index in [9.17, 15) is 0 Å². The molecule has 0 spiro atoms. The van der Waals surface area contributed by atoms with Crippen molar-refractivity contribution < 1.29 is 0 Å². The van der Waals surface area contributed by atoms with Crippen LogP contribution in [0.5, 0.6) is 0 Å². The van der Waals surface area contributed by atoms with Crippen LogP contribution in [0.3, 0.4) is 0 Å². The van der Waals surface area contributed by atoms with Gasteiger partial charge in [0.1, 0.15) is 0 Å². The first-order chi connectivity index (χ1) is 5.79. The standard InChI is InChI=1S/C11H14S/c1-4-6-9(3)10-7-8-12-11(10)5-2/h2,7-9H,4,6H2,1,3H3. The maximum absolute atomic E-state index is 5.39. The lowest BCUT2D eigenvalue weighted by molar-refractivity contribution is 0.666. The summed E-state index contributed by atoms with van der Waals surface area (Å²) in [4.78, 5) is 1.11. The molecule has 1 aromatic rings. The molecule has 0 amide bonds. The Balaban J connectivity index is 2.80. The first-order valence-corrected chi connectivity index (χ1v) is 5.21. The van der Waals surface area contributed by atoms with Gasteiger partial charge in [0.25, 0.3) is 0 Å². The lowest BCUT2D eigenvalue weighted by atomic mass is 9.97. The molecule has 1 rings (SSSR count). The topological polar surface area (TPSA) is 0 Å². The second-order valence-electron chi connectivity index (χ2n) is 3.04. The highest BCUT2D eigenvalue weighted by molar-refractivity contribution is 7.10. The second kappa shape index (κ2) is 4.33. The Morgan fingerprint density at radius 1 is 1.67 bits per heavy atom. The maximum atomic E-state index is 5.39. The molecule has 1 aromatic heterocycles. The smallest absolute Gasteiger partial charge is 0.0800 e. The zero-order chi connectivity index (χ0) is 8.97. The van der Waals surface area contributed by atoms with Crippen molar-refractivity contribution in [1.82, 2.24) is 0 Å².